The maximum atomic E-state index is 11.0. The number of thiophene rings is 1. The van der Waals surface area contributed by atoms with E-state index in [2.05, 4.69) is 9.97 Å². The van der Waals surface area contributed by atoms with Crippen LogP contribution in [0.2, 0.25) is 5.02 Å². The maximum Gasteiger partial charge on any atom is 0.268 e. The molecule has 3 rings (SSSR count). The SMILES string of the molecule is NC(=O)c1csc(Cc2cc3nccc(Cl)c3s2)n1. The summed E-state index contributed by atoms with van der Waals surface area (Å²) < 4.78 is 0.978. The monoisotopic (exact) mass is 309 g/mol. The summed E-state index contributed by atoms with van der Waals surface area (Å²) in [6, 6.07) is 3.77. The minimum absolute atomic E-state index is 0.317. The quantitative estimate of drug-likeness (QED) is 0.808. The van der Waals surface area contributed by atoms with E-state index in [4.69, 9.17) is 17.3 Å². The van der Waals surface area contributed by atoms with Crippen LogP contribution < -0.4 is 5.73 Å². The van der Waals surface area contributed by atoms with Gasteiger partial charge in [0.1, 0.15) is 5.69 Å². The first-order chi connectivity index (χ1) is 9.13. The average molecular weight is 310 g/mol. The van der Waals surface area contributed by atoms with Crippen LogP contribution in [0.4, 0.5) is 0 Å². The molecule has 0 aliphatic heterocycles. The number of hydrogen-bond acceptors (Lipinski definition) is 5. The third-order valence-electron chi connectivity index (χ3n) is 2.54. The normalized spacial score (nSPS) is 11.0. The summed E-state index contributed by atoms with van der Waals surface area (Å²) in [4.78, 5) is 20.6. The number of fused-ring (bicyclic) bond motifs is 1. The van der Waals surface area contributed by atoms with Gasteiger partial charge in [-0.25, -0.2) is 4.98 Å². The van der Waals surface area contributed by atoms with Crippen LogP contribution in [0.3, 0.4) is 0 Å². The zero-order chi connectivity index (χ0) is 13.4. The van der Waals surface area contributed by atoms with Gasteiger partial charge in [0.25, 0.3) is 5.91 Å². The smallest absolute Gasteiger partial charge is 0.268 e. The summed E-state index contributed by atoms with van der Waals surface area (Å²) in [7, 11) is 0. The van der Waals surface area contributed by atoms with E-state index < -0.39 is 5.91 Å². The Morgan fingerprint density at radius 3 is 3.00 bits per heavy atom. The predicted octanol–water partition coefficient (Wildman–Crippen LogP) is 3.10. The van der Waals surface area contributed by atoms with Crippen LogP contribution in [0.1, 0.15) is 20.4 Å². The van der Waals surface area contributed by atoms with Crippen molar-refractivity contribution in [1.29, 1.82) is 0 Å². The standard InChI is InChI=1S/C12H8ClN3OS2/c13-7-1-2-15-8-3-6(19-11(7)8)4-10-16-9(5-18-10)12(14)17/h1-3,5H,4H2,(H2,14,17). The Morgan fingerprint density at radius 1 is 1.47 bits per heavy atom. The van der Waals surface area contributed by atoms with Crippen LogP contribution in [0.25, 0.3) is 10.2 Å². The van der Waals surface area contributed by atoms with Crippen LogP contribution in [-0.4, -0.2) is 15.9 Å². The summed E-state index contributed by atoms with van der Waals surface area (Å²) >= 11 is 9.14. The lowest BCUT2D eigenvalue weighted by Gasteiger charge is -1.90. The molecule has 0 fully saturated rings. The second-order valence-electron chi connectivity index (χ2n) is 3.89. The number of thiazole rings is 1. The molecule has 0 saturated carbocycles. The minimum Gasteiger partial charge on any atom is -0.364 e. The zero-order valence-electron chi connectivity index (χ0n) is 9.59. The molecule has 0 atom stereocenters. The van der Waals surface area contributed by atoms with Gasteiger partial charge in [-0.3, -0.25) is 9.78 Å². The Labute approximate surface area is 121 Å². The maximum absolute atomic E-state index is 11.0. The van der Waals surface area contributed by atoms with Crippen LogP contribution in [0.15, 0.2) is 23.7 Å². The summed E-state index contributed by atoms with van der Waals surface area (Å²) in [5.41, 5.74) is 6.39. The zero-order valence-corrected chi connectivity index (χ0v) is 12.0. The van der Waals surface area contributed by atoms with Crippen molar-refractivity contribution >= 4 is 50.4 Å². The highest BCUT2D eigenvalue weighted by molar-refractivity contribution is 7.19. The van der Waals surface area contributed by atoms with Crippen molar-refractivity contribution in [3.05, 3.63) is 44.3 Å². The van der Waals surface area contributed by atoms with E-state index in [1.54, 1.807) is 29.0 Å². The lowest BCUT2D eigenvalue weighted by atomic mass is 10.3. The van der Waals surface area contributed by atoms with Crippen LogP contribution in [-0.2, 0) is 6.42 Å². The van der Waals surface area contributed by atoms with Gasteiger partial charge >= 0.3 is 0 Å². The largest absolute Gasteiger partial charge is 0.364 e. The van der Waals surface area contributed by atoms with Crippen molar-refractivity contribution in [2.45, 2.75) is 6.42 Å². The van der Waals surface area contributed by atoms with E-state index in [1.807, 2.05) is 6.07 Å². The lowest BCUT2D eigenvalue weighted by molar-refractivity contribution is 0.0996. The fourth-order valence-electron chi connectivity index (χ4n) is 1.70. The molecule has 0 aliphatic carbocycles. The molecule has 7 heteroatoms. The fraction of sp³-hybridized carbons (Fsp3) is 0.0833. The molecule has 19 heavy (non-hydrogen) atoms. The Hall–Kier alpha value is -1.50. The van der Waals surface area contributed by atoms with Gasteiger partial charge in [0.15, 0.2) is 0 Å². The summed E-state index contributed by atoms with van der Waals surface area (Å²) in [5.74, 6) is -0.497. The lowest BCUT2D eigenvalue weighted by Crippen LogP contribution is -2.11. The van der Waals surface area contributed by atoms with Gasteiger partial charge in [0.2, 0.25) is 0 Å². The first-order valence-corrected chi connectivity index (χ1v) is 7.48. The van der Waals surface area contributed by atoms with Gasteiger partial charge in [-0.05, 0) is 12.1 Å². The number of rotatable bonds is 3. The number of amides is 1. The van der Waals surface area contributed by atoms with Crippen molar-refractivity contribution in [1.82, 2.24) is 9.97 Å². The number of pyridine rings is 1. The molecule has 0 radical (unpaired) electrons. The molecule has 3 aromatic heterocycles. The number of aromatic nitrogens is 2. The molecular weight excluding hydrogens is 302 g/mol. The molecular formula is C12H8ClN3OS2. The molecule has 0 spiro atoms. The highest BCUT2D eigenvalue weighted by Crippen LogP contribution is 2.31. The van der Waals surface area contributed by atoms with Gasteiger partial charge in [-0.15, -0.1) is 22.7 Å². The summed E-state index contributed by atoms with van der Waals surface area (Å²) in [6.45, 7) is 0. The highest BCUT2D eigenvalue weighted by Gasteiger charge is 2.10. The first kappa shape index (κ1) is 12.5. The molecule has 96 valence electrons. The van der Waals surface area contributed by atoms with Crippen LogP contribution in [0, 0.1) is 0 Å². The van der Waals surface area contributed by atoms with E-state index in [0.717, 1.165) is 20.1 Å². The molecule has 1 amide bonds. The van der Waals surface area contributed by atoms with Crippen molar-refractivity contribution in [3.63, 3.8) is 0 Å². The summed E-state index contributed by atoms with van der Waals surface area (Å²) in [5, 5.41) is 3.24. The fourth-order valence-corrected chi connectivity index (χ4v) is 3.89. The second kappa shape index (κ2) is 4.88. The Balaban J connectivity index is 1.92. The Kier molecular flexibility index (Phi) is 3.22. The molecule has 2 N–H and O–H groups in total. The van der Waals surface area contributed by atoms with Gasteiger partial charge < -0.3 is 5.73 Å². The minimum atomic E-state index is -0.497. The molecule has 0 unspecified atom stereocenters. The molecule has 0 bridgehead atoms. The van der Waals surface area contributed by atoms with Crippen LogP contribution >= 0.6 is 34.3 Å². The predicted molar refractivity (Wildman–Crippen MR) is 78.1 cm³/mol. The Bertz CT molecular complexity index is 765. The van der Waals surface area contributed by atoms with E-state index in [-0.39, 0.29) is 0 Å². The van der Waals surface area contributed by atoms with E-state index in [9.17, 15) is 4.79 Å². The third kappa shape index (κ3) is 2.47. The third-order valence-corrected chi connectivity index (χ3v) is 4.98. The number of halogens is 1. The van der Waals surface area contributed by atoms with Crippen molar-refractivity contribution in [2.24, 2.45) is 5.73 Å². The van der Waals surface area contributed by atoms with Crippen molar-refractivity contribution < 1.29 is 4.79 Å². The average Bonchev–Trinajstić information content (AvgIpc) is 2.96. The number of nitrogens with two attached hydrogens (primary N) is 1. The summed E-state index contributed by atoms with van der Waals surface area (Å²) in [6.07, 6.45) is 2.35. The molecule has 0 saturated heterocycles. The van der Waals surface area contributed by atoms with Gasteiger partial charge in [0, 0.05) is 22.9 Å². The van der Waals surface area contributed by atoms with E-state index in [1.165, 1.54) is 11.3 Å². The van der Waals surface area contributed by atoms with Crippen molar-refractivity contribution in [2.75, 3.05) is 0 Å². The number of nitrogens with zero attached hydrogens (tertiary/aromatic N) is 2. The number of hydrogen-bond donors (Lipinski definition) is 1. The molecule has 0 aliphatic rings. The molecule has 0 aromatic carbocycles. The van der Waals surface area contributed by atoms with Crippen LogP contribution in [0.5, 0.6) is 0 Å². The Morgan fingerprint density at radius 2 is 2.32 bits per heavy atom. The number of primary amides is 1. The number of carbonyl (C=O) groups is 1. The molecule has 3 heterocycles. The molecule has 4 nitrogen and oxygen atoms in total. The highest BCUT2D eigenvalue weighted by atomic mass is 35.5. The van der Waals surface area contributed by atoms with E-state index >= 15 is 0 Å². The van der Waals surface area contributed by atoms with Gasteiger partial charge in [-0.1, -0.05) is 11.6 Å². The molecule has 3 aromatic rings. The topological polar surface area (TPSA) is 68.9 Å². The number of carbonyl (C=O) groups excluding carboxylic acids is 1. The van der Waals surface area contributed by atoms with Gasteiger partial charge in [-0.2, -0.15) is 0 Å². The van der Waals surface area contributed by atoms with E-state index in [0.29, 0.717) is 17.1 Å². The first-order valence-electron chi connectivity index (χ1n) is 5.40. The van der Waals surface area contributed by atoms with Gasteiger partial charge in [0.05, 0.1) is 20.2 Å². The van der Waals surface area contributed by atoms with Crippen molar-refractivity contribution in [3.8, 4) is 0 Å². The second-order valence-corrected chi connectivity index (χ2v) is 6.37.